The lowest BCUT2D eigenvalue weighted by molar-refractivity contribution is -0.102. The van der Waals surface area contributed by atoms with Gasteiger partial charge in [0.2, 0.25) is 0 Å². The highest BCUT2D eigenvalue weighted by Gasteiger charge is 2.22. The van der Waals surface area contributed by atoms with Gasteiger partial charge in [-0.3, -0.25) is 9.45 Å². The summed E-state index contributed by atoms with van der Waals surface area (Å²) in [5.74, 6) is -0.446. The van der Waals surface area contributed by atoms with Crippen LogP contribution in [-0.2, 0) is 29.1 Å². The van der Waals surface area contributed by atoms with Crippen molar-refractivity contribution in [3.05, 3.63) is 0 Å². The van der Waals surface area contributed by atoms with Crippen LogP contribution in [0.15, 0.2) is 0 Å². The zero-order valence-corrected chi connectivity index (χ0v) is 12.5. The molecule has 1 aliphatic heterocycles. The van der Waals surface area contributed by atoms with E-state index < -0.39 is 22.0 Å². The number of hydrogen-bond acceptors (Lipinski definition) is 7. The van der Waals surface area contributed by atoms with Crippen LogP contribution >= 0.6 is 0 Å². The first-order valence-electron chi connectivity index (χ1n) is 6.45. The summed E-state index contributed by atoms with van der Waals surface area (Å²) < 4.78 is 51.5. The van der Waals surface area contributed by atoms with Crippen molar-refractivity contribution < 1.29 is 31.9 Å². The second kappa shape index (κ2) is 9.61. The van der Waals surface area contributed by atoms with Gasteiger partial charge in [-0.25, -0.2) is 0 Å². The van der Waals surface area contributed by atoms with Crippen LogP contribution < -0.4 is 0 Å². The predicted octanol–water partition coefficient (Wildman–Crippen LogP) is -0.788. The minimum atomic E-state index is -4.08. The van der Waals surface area contributed by atoms with Gasteiger partial charge >= 0.3 is 0 Å². The standard InChI is InChI=1S/C11H23NO7S/c1-16-6-7-18-10-19-11(9-20(13,14)15)8-12-2-4-17-5-3-12/h11H,2-10H2,1H3,(H,13,14,15). The Morgan fingerprint density at radius 2 is 2.00 bits per heavy atom. The highest BCUT2D eigenvalue weighted by atomic mass is 32.2. The van der Waals surface area contributed by atoms with E-state index >= 15 is 0 Å². The zero-order valence-electron chi connectivity index (χ0n) is 11.7. The van der Waals surface area contributed by atoms with Crippen molar-refractivity contribution >= 4 is 10.1 Å². The Kier molecular flexibility index (Phi) is 8.53. The Bertz CT molecular complexity index is 343. The van der Waals surface area contributed by atoms with Crippen molar-refractivity contribution in [1.82, 2.24) is 4.90 Å². The molecule has 120 valence electrons. The monoisotopic (exact) mass is 313 g/mol. The topological polar surface area (TPSA) is 94.5 Å². The van der Waals surface area contributed by atoms with E-state index in [-0.39, 0.29) is 6.79 Å². The van der Waals surface area contributed by atoms with Gasteiger partial charge in [0.05, 0.1) is 32.5 Å². The van der Waals surface area contributed by atoms with Crippen LogP contribution in [0.25, 0.3) is 0 Å². The van der Waals surface area contributed by atoms with Crippen molar-refractivity contribution in [2.75, 3.05) is 65.7 Å². The maximum Gasteiger partial charge on any atom is 0.267 e. The average molecular weight is 313 g/mol. The molecule has 1 saturated heterocycles. The molecule has 1 fully saturated rings. The highest BCUT2D eigenvalue weighted by molar-refractivity contribution is 7.85. The summed E-state index contributed by atoms with van der Waals surface area (Å²) in [6, 6.07) is 0. The van der Waals surface area contributed by atoms with E-state index in [9.17, 15) is 8.42 Å². The lowest BCUT2D eigenvalue weighted by Crippen LogP contribution is -2.43. The Labute approximate surface area is 119 Å². The average Bonchev–Trinajstić information content (AvgIpc) is 2.37. The van der Waals surface area contributed by atoms with E-state index in [1.54, 1.807) is 7.11 Å². The number of rotatable bonds is 10. The van der Waals surface area contributed by atoms with Gasteiger partial charge in [-0.1, -0.05) is 0 Å². The Morgan fingerprint density at radius 1 is 1.30 bits per heavy atom. The van der Waals surface area contributed by atoms with Gasteiger partial charge in [-0.05, 0) is 0 Å². The first-order valence-corrected chi connectivity index (χ1v) is 8.05. The molecule has 1 rings (SSSR count). The third kappa shape index (κ3) is 8.80. The van der Waals surface area contributed by atoms with Gasteiger partial charge in [0, 0.05) is 26.7 Å². The van der Waals surface area contributed by atoms with Crippen molar-refractivity contribution in [1.29, 1.82) is 0 Å². The molecule has 0 aromatic carbocycles. The summed E-state index contributed by atoms with van der Waals surface area (Å²) in [6.45, 7) is 3.85. The third-order valence-electron chi connectivity index (χ3n) is 2.78. The smallest absolute Gasteiger partial charge is 0.267 e. The van der Waals surface area contributed by atoms with Gasteiger partial charge in [0.1, 0.15) is 12.5 Å². The molecule has 0 aromatic rings. The van der Waals surface area contributed by atoms with Crippen molar-refractivity contribution in [2.45, 2.75) is 6.10 Å². The van der Waals surface area contributed by atoms with E-state index in [2.05, 4.69) is 0 Å². The molecule has 0 aliphatic carbocycles. The van der Waals surface area contributed by atoms with Crippen LogP contribution in [0.4, 0.5) is 0 Å². The minimum Gasteiger partial charge on any atom is -0.382 e. The minimum absolute atomic E-state index is 0.0338. The largest absolute Gasteiger partial charge is 0.382 e. The Morgan fingerprint density at radius 3 is 2.60 bits per heavy atom. The van der Waals surface area contributed by atoms with Crippen molar-refractivity contribution in [3.8, 4) is 0 Å². The predicted molar refractivity (Wildman–Crippen MR) is 71.2 cm³/mol. The second-order valence-electron chi connectivity index (χ2n) is 4.47. The van der Waals surface area contributed by atoms with E-state index in [1.165, 1.54) is 0 Å². The number of morpholine rings is 1. The van der Waals surface area contributed by atoms with Crippen molar-refractivity contribution in [2.24, 2.45) is 0 Å². The first kappa shape index (κ1) is 17.8. The summed E-state index contributed by atoms with van der Waals surface area (Å²) in [4.78, 5) is 2.04. The molecule has 0 saturated carbocycles. The molecule has 0 bridgehead atoms. The number of ether oxygens (including phenoxy) is 4. The molecule has 9 heteroatoms. The third-order valence-corrected chi connectivity index (χ3v) is 3.57. The molecule has 1 unspecified atom stereocenters. The Hall–Kier alpha value is -0.290. The molecular formula is C11H23NO7S. The van der Waals surface area contributed by atoms with Crippen molar-refractivity contribution in [3.63, 3.8) is 0 Å². The number of nitrogens with zero attached hydrogens (tertiary/aromatic N) is 1. The maximum absolute atomic E-state index is 11.0. The molecule has 1 atom stereocenters. The van der Waals surface area contributed by atoms with Gasteiger partial charge in [0.15, 0.2) is 0 Å². The summed E-state index contributed by atoms with van der Waals surface area (Å²) >= 11 is 0. The van der Waals surface area contributed by atoms with Crippen LogP contribution in [0.1, 0.15) is 0 Å². The van der Waals surface area contributed by atoms with E-state index in [4.69, 9.17) is 23.5 Å². The van der Waals surface area contributed by atoms with Crippen LogP contribution in [-0.4, -0.2) is 89.7 Å². The molecule has 1 heterocycles. The SMILES string of the molecule is COCCOCOC(CN1CCOCC1)CS(=O)(=O)O. The molecule has 0 aromatic heterocycles. The molecule has 0 amide bonds. The highest BCUT2D eigenvalue weighted by Crippen LogP contribution is 2.04. The van der Waals surface area contributed by atoms with E-state index in [0.717, 1.165) is 13.1 Å². The summed E-state index contributed by atoms with van der Waals surface area (Å²) in [7, 11) is -2.53. The molecule has 8 nitrogen and oxygen atoms in total. The lowest BCUT2D eigenvalue weighted by Gasteiger charge is -2.29. The number of methoxy groups -OCH3 is 1. The van der Waals surface area contributed by atoms with Crippen LogP contribution in [0.2, 0.25) is 0 Å². The molecule has 0 radical (unpaired) electrons. The fourth-order valence-corrected chi connectivity index (χ4v) is 2.48. The molecule has 20 heavy (non-hydrogen) atoms. The summed E-state index contributed by atoms with van der Waals surface area (Å²) in [6.07, 6.45) is -0.634. The van der Waals surface area contributed by atoms with Gasteiger partial charge in [-0.2, -0.15) is 8.42 Å². The van der Waals surface area contributed by atoms with E-state index in [0.29, 0.717) is 33.0 Å². The van der Waals surface area contributed by atoms with Gasteiger partial charge < -0.3 is 18.9 Å². The zero-order chi connectivity index (χ0) is 14.8. The summed E-state index contributed by atoms with van der Waals surface area (Å²) in [5.41, 5.74) is 0. The first-order chi connectivity index (χ1) is 9.51. The van der Waals surface area contributed by atoms with Gasteiger partial charge in [-0.15, -0.1) is 0 Å². The normalized spacial score (nSPS) is 19.1. The van der Waals surface area contributed by atoms with Crippen LogP contribution in [0.3, 0.4) is 0 Å². The maximum atomic E-state index is 11.0. The van der Waals surface area contributed by atoms with Gasteiger partial charge in [0.25, 0.3) is 10.1 Å². The molecule has 0 spiro atoms. The lowest BCUT2D eigenvalue weighted by atomic mass is 10.3. The fourth-order valence-electron chi connectivity index (χ4n) is 1.81. The quantitative estimate of drug-likeness (QED) is 0.319. The van der Waals surface area contributed by atoms with E-state index in [1.807, 2.05) is 4.90 Å². The molecule has 1 N–H and O–H groups in total. The van der Waals surface area contributed by atoms with Crippen LogP contribution in [0.5, 0.6) is 0 Å². The summed E-state index contributed by atoms with van der Waals surface area (Å²) in [5, 5.41) is 0. The Balaban J connectivity index is 2.34. The van der Waals surface area contributed by atoms with Crippen LogP contribution in [0, 0.1) is 0 Å². The molecular weight excluding hydrogens is 290 g/mol. The second-order valence-corrected chi connectivity index (χ2v) is 5.97. The number of hydrogen-bond donors (Lipinski definition) is 1. The molecule has 1 aliphatic rings. The fraction of sp³-hybridized carbons (Fsp3) is 1.00.